The van der Waals surface area contributed by atoms with Crippen LogP contribution in [-0.4, -0.2) is 52.7 Å². The maximum absolute atomic E-state index is 13.8. The van der Waals surface area contributed by atoms with Crippen molar-refractivity contribution in [3.63, 3.8) is 0 Å². The van der Waals surface area contributed by atoms with Crippen LogP contribution in [0.1, 0.15) is 44.9 Å². The fraction of sp³-hybridized carbons (Fsp3) is 0.379. The molecule has 4 N–H and O–H groups in total. The lowest BCUT2D eigenvalue weighted by Gasteiger charge is -2.29. The van der Waals surface area contributed by atoms with Crippen LogP contribution in [0.2, 0.25) is 0 Å². The van der Waals surface area contributed by atoms with E-state index in [0.717, 1.165) is 11.3 Å². The van der Waals surface area contributed by atoms with Crippen molar-refractivity contribution in [2.24, 2.45) is 0 Å². The van der Waals surface area contributed by atoms with Crippen molar-refractivity contribution >= 4 is 29.6 Å². The van der Waals surface area contributed by atoms with Gasteiger partial charge in [0.2, 0.25) is 18.2 Å². The molecule has 2 aromatic carbocycles. The Morgan fingerprint density at radius 1 is 1.23 bits per heavy atom. The Morgan fingerprint density at radius 3 is 2.74 bits per heavy atom. The number of aliphatic hydroxyl groups is 1. The second-order valence-electron chi connectivity index (χ2n) is 10.5. The van der Waals surface area contributed by atoms with Crippen LogP contribution in [0.25, 0.3) is 11.3 Å². The summed E-state index contributed by atoms with van der Waals surface area (Å²) < 4.78 is 5.61. The largest absolute Gasteiger partial charge is 0.392 e. The minimum atomic E-state index is -0.711. The summed E-state index contributed by atoms with van der Waals surface area (Å²) in [5, 5.41) is 22.5. The van der Waals surface area contributed by atoms with Crippen molar-refractivity contribution in [1.82, 2.24) is 15.8 Å². The monoisotopic (exact) mass is 533 g/mol. The standard InChI is InChI=1S/C29H35N5O5/c1-19(36)16-31-29(2,3)15-27(37)32-24-13-12-20-8-4-7-11-26(20)34(28(24)38)17-21-14-25(33-39-21)22-9-5-6-10-23(22)30-18-35/h4-11,14,18-19,24,31,36H,12-13,15-17H2,1-3H3,(H,30,35)(H,32,37)/t19-,24-/m1/s1. The Bertz CT molecular complexity index is 1320. The number of hydrogen-bond acceptors (Lipinski definition) is 7. The number of anilines is 2. The lowest BCUT2D eigenvalue weighted by atomic mass is 9.99. The van der Waals surface area contributed by atoms with Crippen LogP contribution < -0.4 is 20.9 Å². The van der Waals surface area contributed by atoms with Gasteiger partial charge in [-0.25, -0.2) is 0 Å². The lowest BCUT2D eigenvalue weighted by molar-refractivity contribution is -0.128. The van der Waals surface area contributed by atoms with Crippen molar-refractivity contribution in [1.29, 1.82) is 0 Å². The predicted molar refractivity (Wildman–Crippen MR) is 148 cm³/mol. The van der Waals surface area contributed by atoms with Crippen molar-refractivity contribution in [2.75, 3.05) is 16.8 Å². The summed E-state index contributed by atoms with van der Waals surface area (Å²) in [5.41, 5.74) is 3.03. The summed E-state index contributed by atoms with van der Waals surface area (Å²) >= 11 is 0. The van der Waals surface area contributed by atoms with Gasteiger partial charge in [-0.2, -0.15) is 0 Å². The minimum Gasteiger partial charge on any atom is -0.392 e. The third-order valence-corrected chi connectivity index (χ3v) is 6.65. The molecule has 4 rings (SSSR count). The summed E-state index contributed by atoms with van der Waals surface area (Å²) in [5.74, 6) is -0.0166. The van der Waals surface area contributed by atoms with Crippen LogP contribution in [0.4, 0.5) is 11.4 Å². The number of fused-ring (bicyclic) bond motifs is 1. The van der Waals surface area contributed by atoms with Gasteiger partial charge >= 0.3 is 0 Å². The second-order valence-corrected chi connectivity index (χ2v) is 10.5. The van der Waals surface area contributed by atoms with Gasteiger partial charge in [-0.15, -0.1) is 0 Å². The van der Waals surface area contributed by atoms with Crippen LogP contribution in [0, 0.1) is 0 Å². The van der Waals surface area contributed by atoms with Gasteiger partial charge in [0, 0.05) is 35.8 Å². The highest BCUT2D eigenvalue weighted by molar-refractivity contribution is 6.00. The van der Waals surface area contributed by atoms with E-state index in [9.17, 15) is 19.5 Å². The first-order valence-corrected chi connectivity index (χ1v) is 13.0. The van der Waals surface area contributed by atoms with Crippen LogP contribution in [0.15, 0.2) is 59.1 Å². The predicted octanol–water partition coefficient (Wildman–Crippen LogP) is 3.01. The molecular weight excluding hydrogens is 498 g/mol. The minimum absolute atomic E-state index is 0.125. The zero-order valence-electron chi connectivity index (χ0n) is 22.4. The molecule has 0 unspecified atom stereocenters. The van der Waals surface area contributed by atoms with Crippen molar-refractivity contribution in [3.05, 3.63) is 65.9 Å². The number of rotatable bonds is 11. The van der Waals surface area contributed by atoms with E-state index in [0.29, 0.717) is 48.5 Å². The Kier molecular flexibility index (Phi) is 8.78. The molecule has 10 heteroatoms. The number of nitrogens with one attached hydrogen (secondary N) is 3. The van der Waals surface area contributed by atoms with Gasteiger partial charge in [-0.3, -0.25) is 14.4 Å². The molecule has 0 fully saturated rings. The van der Waals surface area contributed by atoms with E-state index in [2.05, 4.69) is 21.1 Å². The molecule has 2 atom stereocenters. The summed E-state index contributed by atoms with van der Waals surface area (Å²) in [6, 6.07) is 15.9. The van der Waals surface area contributed by atoms with Gasteiger partial charge in [0.05, 0.1) is 18.3 Å². The van der Waals surface area contributed by atoms with E-state index in [1.165, 1.54) is 0 Å². The SMILES string of the molecule is C[C@@H](O)CNC(C)(C)CC(=O)N[C@@H]1CCc2ccccc2N(Cc2cc(-c3ccccc3NC=O)no2)C1=O. The number of nitrogens with zero attached hydrogens (tertiary/aromatic N) is 2. The van der Waals surface area contributed by atoms with Crippen LogP contribution in [0.5, 0.6) is 0 Å². The zero-order chi connectivity index (χ0) is 28.0. The molecule has 39 heavy (non-hydrogen) atoms. The van der Waals surface area contributed by atoms with Crippen LogP contribution in [-0.2, 0) is 27.3 Å². The van der Waals surface area contributed by atoms with Crippen molar-refractivity contribution in [2.45, 2.75) is 64.3 Å². The van der Waals surface area contributed by atoms with Crippen LogP contribution in [0.3, 0.4) is 0 Å². The number of carbonyl (C=O) groups excluding carboxylic acids is 3. The van der Waals surface area contributed by atoms with Gasteiger partial charge in [0.1, 0.15) is 11.7 Å². The third-order valence-electron chi connectivity index (χ3n) is 6.65. The number of benzene rings is 2. The molecule has 206 valence electrons. The molecule has 0 saturated carbocycles. The van der Waals surface area contributed by atoms with Gasteiger partial charge in [-0.1, -0.05) is 41.6 Å². The molecule has 0 aliphatic carbocycles. The summed E-state index contributed by atoms with van der Waals surface area (Å²) in [6.07, 6.45) is 1.31. The Hall–Kier alpha value is -4.02. The fourth-order valence-electron chi connectivity index (χ4n) is 4.71. The summed E-state index contributed by atoms with van der Waals surface area (Å²) in [6.45, 7) is 5.94. The molecular formula is C29H35N5O5. The van der Waals surface area contributed by atoms with Crippen LogP contribution >= 0.6 is 0 Å². The fourth-order valence-corrected chi connectivity index (χ4v) is 4.71. The number of hydrogen-bond donors (Lipinski definition) is 4. The topological polar surface area (TPSA) is 137 Å². The first-order chi connectivity index (χ1) is 18.7. The highest BCUT2D eigenvalue weighted by atomic mass is 16.5. The van der Waals surface area contributed by atoms with E-state index in [4.69, 9.17) is 4.52 Å². The molecule has 3 aromatic rings. The van der Waals surface area contributed by atoms with Crippen molar-refractivity contribution in [3.8, 4) is 11.3 Å². The van der Waals surface area contributed by atoms with Crippen molar-refractivity contribution < 1.29 is 24.0 Å². The average Bonchev–Trinajstić information content (AvgIpc) is 3.32. The van der Waals surface area contributed by atoms with Gasteiger partial charge in [0.15, 0.2) is 5.76 Å². The number of aliphatic hydroxyl groups excluding tert-OH is 1. The maximum Gasteiger partial charge on any atom is 0.249 e. The maximum atomic E-state index is 13.8. The molecule has 2 heterocycles. The first kappa shape index (κ1) is 28.0. The first-order valence-electron chi connectivity index (χ1n) is 13.0. The number of carbonyl (C=O) groups is 3. The van der Waals surface area contributed by atoms with E-state index in [1.54, 1.807) is 24.0 Å². The molecule has 0 bridgehead atoms. The van der Waals surface area contributed by atoms with E-state index in [1.807, 2.05) is 56.3 Å². The molecule has 0 spiro atoms. The Balaban J connectivity index is 1.54. The smallest absolute Gasteiger partial charge is 0.249 e. The van der Waals surface area contributed by atoms with Gasteiger partial charge in [-0.05, 0) is 51.3 Å². The quantitative estimate of drug-likeness (QED) is 0.278. The molecule has 1 aliphatic rings. The molecule has 0 saturated heterocycles. The normalized spacial score (nSPS) is 16.3. The number of para-hydroxylation sites is 2. The highest BCUT2D eigenvalue weighted by Gasteiger charge is 2.33. The summed E-state index contributed by atoms with van der Waals surface area (Å²) in [7, 11) is 0. The third kappa shape index (κ3) is 7.10. The molecule has 1 aromatic heterocycles. The number of aromatic nitrogens is 1. The number of β-amino-alcohol motifs (C(OH)–C–C–N with tert-alkyl or cyclic N) is 1. The highest BCUT2D eigenvalue weighted by Crippen LogP contribution is 2.31. The molecule has 0 radical (unpaired) electrons. The Morgan fingerprint density at radius 2 is 1.97 bits per heavy atom. The lowest BCUT2D eigenvalue weighted by Crippen LogP contribution is -2.51. The molecule has 3 amide bonds. The zero-order valence-corrected chi connectivity index (χ0v) is 22.4. The second kappa shape index (κ2) is 12.2. The molecule has 10 nitrogen and oxygen atoms in total. The van der Waals surface area contributed by atoms with Gasteiger partial charge in [0.25, 0.3) is 0 Å². The Labute approximate surface area is 227 Å². The van der Waals surface area contributed by atoms with E-state index < -0.39 is 17.7 Å². The average molecular weight is 534 g/mol. The molecule has 1 aliphatic heterocycles. The van der Waals surface area contributed by atoms with E-state index >= 15 is 0 Å². The van der Waals surface area contributed by atoms with Gasteiger partial charge < -0.3 is 30.5 Å². The summed E-state index contributed by atoms with van der Waals surface area (Å²) in [4.78, 5) is 39.4. The van der Waals surface area contributed by atoms with E-state index in [-0.39, 0.29) is 24.8 Å². The number of amides is 3. The number of aryl methyl sites for hydroxylation is 1.